The highest BCUT2D eigenvalue weighted by molar-refractivity contribution is 5.81. The summed E-state index contributed by atoms with van der Waals surface area (Å²) in [6.07, 6.45) is 6.24. The van der Waals surface area contributed by atoms with Crippen LogP contribution in [-0.2, 0) is 11.8 Å². The SMILES string of the molecule is CNC(=O)[C@H]1CN(c2cc(C)nc(C3CC3)n2)C[C@@H]1c1cnn(C)c1. The highest BCUT2D eigenvalue weighted by atomic mass is 16.1. The van der Waals surface area contributed by atoms with E-state index >= 15 is 0 Å². The fourth-order valence-corrected chi connectivity index (χ4v) is 3.67. The van der Waals surface area contributed by atoms with Crippen molar-refractivity contribution in [3.63, 3.8) is 0 Å². The highest BCUT2D eigenvalue weighted by Crippen LogP contribution is 2.40. The van der Waals surface area contributed by atoms with Crippen LogP contribution in [0.2, 0.25) is 0 Å². The number of rotatable bonds is 4. The molecule has 132 valence electrons. The van der Waals surface area contributed by atoms with E-state index in [9.17, 15) is 4.79 Å². The summed E-state index contributed by atoms with van der Waals surface area (Å²) in [5.74, 6) is 2.50. The van der Waals surface area contributed by atoms with Gasteiger partial charge in [0.15, 0.2) is 0 Å². The molecule has 0 bridgehead atoms. The molecule has 2 aromatic rings. The molecule has 1 N–H and O–H groups in total. The van der Waals surface area contributed by atoms with E-state index in [4.69, 9.17) is 4.98 Å². The summed E-state index contributed by atoms with van der Waals surface area (Å²) < 4.78 is 1.79. The number of aromatic nitrogens is 4. The number of hydrogen-bond acceptors (Lipinski definition) is 5. The van der Waals surface area contributed by atoms with E-state index in [1.54, 1.807) is 11.7 Å². The smallest absolute Gasteiger partial charge is 0.225 e. The van der Waals surface area contributed by atoms with Gasteiger partial charge in [-0.25, -0.2) is 9.97 Å². The van der Waals surface area contributed by atoms with Crippen molar-refractivity contribution in [3.8, 4) is 0 Å². The van der Waals surface area contributed by atoms with Gasteiger partial charge in [0.25, 0.3) is 0 Å². The number of anilines is 1. The molecule has 2 atom stereocenters. The number of aryl methyl sites for hydroxylation is 2. The predicted octanol–water partition coefficient (Wildman–Crippen LogP) is 1.36. The Morgan fingerprint density at radius 2 is 2.08 bits per heavy atom. The van der Waals surface area contributed by atoms with Crippen LogP contribution in [0.3, 0.4) is 0 Å². The molecule has 0 radical (unpaired) electrons. The molecule has 1 amide bonds. The molecule has 2 aliphatic rings. The van der Waals surface area contributed by atoms with Crippen LogP contribution >= 0.6 is 0 Å². The van der Waals surface area contributed by atoms with Crippen molar-refractivity contribution in [3.05, 3.63) is 35.5 Å². The van der Waals surface area contributed by atoms with Crippen molar-refractivity contribution in [2.75, 3.05) is 25.0 Å². The molecule has 25 heavy (non-hydrogen) atoms. The minimum absolute atomic E-state index is 0.0737. The second-order valence-electron chi connectivity index (χ2n) is 7.18. The van der Waals surface area contributed by atoms with Crippen LogP contribution < -0.4 is 10.2 Å². The molecular weight excluding hydrogens is 316 g/mol. The van der Waals surface area contributed by atoms with Gasteiger partial charge in [0.2, 0.25) is 5.91 Å². The van der Waals surface area contributed by atoms with E-state index in [2.05, 4.69) is 20.3 Å². The fraction of sp³-hybridized carbons (Fsp3) is 0.556. The van der Waals surface area contributed by atoms with Gasteiger partial charge in [0.05, 0.1) is 12.1 Å². The lowest BCUT2D eigenvalue weighted by Gasteiger charge is -2.18. The number of nitrogens with one attached hydrogen (secondary N) is 1. The number of nitrogens with zero attached hydrogens (tertiary/aromatic N) is 5. The van der Waals surface area contributed by atoms with E-state index < -0.39 is 0 Å². The van der Waals surface area contributed by atoms with Crippen LogP contribution in [0.1, 0.15) is 41.8 Å². The minimum atomic E-state index is -0.103. The van der Waals surface area contributed by atoms with Gasteiger partial charge in [-0.15, -0.1) is 0 Å². The number of hydrogen-bond donors (Lipinski definition) is 1. The first-order valence-corrected chi connectivity index (χ1v) is 8.86. The molecule has 3 heterocycles. The molecule has 7 nitrogen and oxygen atoms in total. The van der Waals surface area contributed by atoms with Crippen LogP contribution in [-0.4, -0.2) is 45.8 Å². The average molecular weight is 340 g/mol. The number of carbonyl (C=O) groups excluding carboxylic acids is 1. The van der Waals surface area contributed by atoms with Crippen molar-refractivity contribution < 1.29 is 4.79 Å². The maximum atomic E-state index is 12.4. The lowest BCUT2D eigenvalue weighted by atomic mass is 9.90. The van der Waals surface area contributed by atoms with Gasteiger partial charge in [-0.2, -0.15) is 5.10 Å². The molecule has 0 aromatic carbocycles. The second kappa shape index (κ2) is 6.13. The van der Waals surface area contributed by atoms with Gasteiger partial charge in [0, 0.05) is 57.0 Å². The van der Waals surface area contributed by atoms with E-state index in [-0.39, 0.29) is 17.7 Å². The molecule has 1 saturated heterocycles. The predicted molar refractivity (Wildman–Crippen MR) is 94.5 cm³/mol. The molecule has 0 unspecified atom stereocenters. The van der Waals surface area contributed by atoms with Crippen LogP contribution in [0.25, 0.3) is 0 Å². The Labute approximate surface area is 147 Å². The molecule has 0 spiro atoms. The van der Waals surface area contributed by atoms with Crippen molar-refractivity contribution in [1.82, 2.24) is 25.1 Å². The zero-order valence-corrected chi connectivity index (χ0v) is 14.9. The van der Waals surface area contributed by atoms with Gasteiger partial charge >= 0.3 is 0 Å². The van der Waals surface area contributed by atoms with Crippen LogP contribution in [0.5, 0.6) is 0 Å². The topological polar surface area (TPSA) is 75.9 Å². The fourth-order valence-electron chi connectivity index (χ4n) is 3.67. The quantitative estimate of drug-likeness (QED) is 0.909. The van der Waals surface area contributed by atoms with Crippen molar-refractivity contribution in [1.29, 1.82) is 0 Å². The van der Waals surface area contributed by atoms with Crippen LogP contribution in [0.15, 0.2) is 18.5 Å². The van der Waals surface area contributed by atoms with Gasteiger partial charge in [0.1, 0.15) is 11.6 Å². The summed E-state index contributed by atoms with van der Waals surface area (Å²) in [7, 11) is 3.60. The molecule has 1 aliphatic heterocycles. The molecule has 1 aliphatic carbocycles. The Bertz CT molecular complexity index is 797. The minimum Gasteiger partial charge on any atom is -0.359 e. The third-order valence-electron chi connectivity index (χ3n) is 5.18. The van der Waals surface area contributed by atoms with E-state index in [1.807, 2.05) is 32.4 Å². The summed E-state index contributed by atoms with van der Waals surface area (Å²) >= 11 is 0. The van der Waals surface area contributed by atoms with E-state index in [0.29, 0.717) is 12.5 Å². The molecule has 4 rings (SSSR count). The van der Waals surface area contributed by atoms with Gasteiger partial charge in [-0.3, -0.25) is 9.48 Å². The van der Waals surface area contributed by atoms with Crippen LogP contribution in [0.4, 0.5) is 5.82 Å². The first-order valence-electron chi connectivity index (χ1n) is 8.86. The Morgan fingerprint density at radius 3 is 2.72 bits per heavy atom. The first-order chi connectivity index (χ1) is 12.0. The summed E-state index contributed by atoms with van der Waals surface area (Å²) in [6.45, 7) is 3.45. The average Bonchev–Trinajstić information content (AvgIpc) is 3.21. The number of amides is 1. The summed E-state index contributed by atoms with van der Waals surface area (Å²) in [4.78, 5) is 24.0. The normalized spacial score (nSPS) is 23.1. The third-order valence-corrected chi connectivity index (χ3v) is 5.18. The van der Waals surface area contributed by atoms with E-state index in [1.165, 1.54) is 12.8 Å². The first kappa shape index (κ1) is 16.1. The summed E-state index contributed by atoms with van der Waals surface area (Å²) in [6, 6.07) is 2.03. The monoisotopic (exact) mass is 340 g/mol. The lowest BCUT2D eigenvalue weighted by molar-refractivity contribution is -0.124. The Hall–Kier alpha value is -2.44. The number of carbonyl (C=O) groups is 1. The highest BCUT2D eigenvalue weighted by Gasteiger charge is 2.39. The molecule has 2 aromatic heterocycles. The zero-order chi connectivity index (χ0) is 17.6. The van der Waals surface area contributed by atoms with Gasteiger partial charge in [-0.05, 0) is 25.3 Å². The Balaban J connectivity index is 1.64. The Morgan fingerprint density at radius 1 is 1.28 bits per heavy atom. The van der Waals surface area contributed by atoms with E-state index in [0.717, 1.165) is 29.4 Å². The molecule has 2 fully saturated rings. The van der Waals surface area contributed by atoms with Gasteiger partial charge in [-0.1, -0.05) is 0 Å². The van der Waals surface area contributed by atoms with Crippen LogP contribution in [0, 0.1) is 12.8 Å². The summed E-state index contributed by atoms with van der Waals surface area (Å²) in [5.41, 5.74) is 2.10. The molecule has 1 saturated carbocycles. The second-order valence-corrected chi connectivity index (χ2v) is 7.18. The maximum Gasteiger partial charge on any atom is 0.225 e. The summed E-state index contributed by atoms with van der Waals surface area (Å²) in [5, 5.41) is 7.09. The standard InChI is InChI=1S/C18H24N6O/c1-11-6-16(22-17(21-11)12-4-5-12)24-9-14(13-7-20-23(3)8-13)15(10-24)18(25)19-2/h6-8,12,14-15H,4-5,9-10H2,1-3H3,(H,19,25)/t14-,15+/m1/s1. The molecule has 7 heteroatoms. The lowest BCUT2D eigenvalue weighted by Crippen LogP contribution is -2.32. The van der Waals surface area contributed by atoms with Crippen molar-refractivity contribution >= 4 is 11.7 Å². The third kappa shape index (κ3) is 3.10. The largest absolute Gasteiger partial charge is 0.359 e. The maximum absolute atomic E-state index is 12.4. The van der Waals surface area contributed by atoms with Crippen molar-refractivity contribution in [2.45, 2.75) is 31.6 Å². The van der Waals surface area contributed by atoms with Gasteiger partial charge < -0.3 is 10.2 Å². The zero-order valence-electron chi connectivity index (χ0n) is 14.9. The molecular formula is C18H24N6O. The van der Waals surface area contributed by atoms with Crippen molar-refractivity contribution in [2.24, 2.45) is 13.0 Å². The Kier molecular flexibility index (Phi) is 3.94.